The van der Waals surface area contributed by atoms with Crippen LogP contribution in [0.2, 0.25) is 5.02 Å². The fraction of sp³-hybridized carbons (Fsp3) is 0.250. The second-order valence-corrected chi connectivity index (χ2v) is 7.43. The monoisotopic (exact) mass is 398 g/mol. The molecule has 3 rings (SSSR count). The van der Waals surface area contributed by atoms with E-state index in [1.807, 2.05) is 42.5 Å². The van der Waals surface area contributed by atoms with Gasteiger partial charge in [0, 0.05) is 17.3 Å². The van der Waals surface area contributed by atoms with E-state index in [2.05, 4.69) is 27.9 Å². The van der Waals surface area contributed by atoms with Crippen molar-refractivity contribution in [3.63, 3.8) is 0 Å². The van der Waals surface area contributed by atoms with Gasteiger partial charge in [-0.2, -0.15) is 5.26 Å². The molecular weight excluding hydrogens is 380 g/mol. The summed E-state index contributed by atoms with van der Waals surface area (Å²) in [4.78, 5) is 16.9. The minimum absolute atomic E-state index is 0.0961. The number of nitrogens with zero attached hydrogens (tertiary/aromatic N) is 3. The van der Waals surface area contributed by atoms with Crippen molar-refractivity contribution >= 4 is 46.0 Å². The van der Waals surface area contributed by atoms with Crippen LogP contribution < -0.4 is 5.32 Å². The maximum absolute atomic E-state index is 12.3. The molecular formula is C20H19ClN4OS. The Morgan fingerprint density at radius 1 is 1.30 bits per heavy atom. The Morgan fingerprint density at radius 2 is 2.07 bits per heavy atom. The third-order valence-electron chi connectivity index (χ3n) is 3.98. The first-order valence-corrected chi connectivity index (χ1v) is 10.0. The zero-order valence-corrected chi connectivity index (χ0v) is 16.5. The molecule has 0 spiro atoms. The Bertz CT molecular complexity index is 992. The molecule has 0 unspecified atom stereocenters. The van der Waals surface area contributed by atoms with Crippen LogP contribution in [0.1, 0.15) is 18.9 Å². The van der Waals surface area contributed by atoms with Gasteiger partial charge in [0.2, 0.25) is 5.91 Å². The summed E-state index contributed by atoms with van der Waals surface area (Å²) in [5.74, 6) is 0.168. The molecule has 0 bridgehead atoms. The number of hydrogen-bond acceptors (Lipinski definition) is 4. The summed E-state index contributed by atoms with van der Waals surface area (Å²) >= 11 is 7.48. The summed E-state index contributed by atoms with van der Waals surface area (Å²) in [5.41, 5.74) is 3.51. The molecule has 0 saturated carbocycles. The van der Waals surface area contributed by atoms with Crippen molar-refractivity contribution < 1.29 is 4.79 Å². The van der Waals surface area contributed by atoms with E-state index < -0.39 is 0 Å². The van der Waals surface area contributed by atoms with Crippen LogP contribution in [0.15, 0.2) is 47.6 Å². The van der Waals surface area contributed by atoms with Gasteiger partial charge in [-0.1, -0.05) is 42.4 Å². The number of fused-ring (bicyclic) bond motifs is 1. The smallest absolute Gasteiger partial charge is 0.234 e. The number of halogens is 1. The highest BCUT2D eigenvalue weighted by atomic mass is 35.5. The highest BCUT2D eigenvalue weighted by Crippen LogP contribution is 2.26. The molecule has 0 aliphatic carbocycles. The number of carbonyl (C=O) groups is 1. The number of thioether (sulfide) groups is 1. The van der Waals surface area contributed by atoms with Crippen molar-refractivity contribution in [3.05, 3.63) is 53.1 Å². The maximum atomic E-state index is 12.3. The van der Waals surface area contributed by atoms with Crippen molar-refractivity contribution in [2.45, 2.75) is 31.5 Å². The third kappa shape index (κ3) is 4.82. The number of imidazole rings is 1. The molecule has 1 aromatic heterocycles. The topological polar surface area (TPSA) is 70.7 Å². The molecule has 0 radical (unpaired) electrons. The largest absolute Gasteiger partial charge is 0.325 e. The third-order valence-corrected chi connectivity index (χ3v) is 5.19. The molecule has 5 nitrogen and oxygen atoms in total. The van der Waals surface area contributed by atoms with Gasteiger partial charge in [0.25, 0.3) is 0 Å². The Kier molecular flexibility index (Phi) is 6.38. The number of amides is 1. The summed E-state index contributed by atoms with van der Waals surface area (Å²) < 4.78 is 2.13. The number of benzene rings is 2. The molecule has 0 saturated heterocycles. The lowest BCUT2D eigenvalue weighted by Gasteiger charge is -2.08. The summed E-state index contributed by atoms with van der Waals surface area (Å²) in [5, 5.41) is 13.0. The van der Waals surface area contributed by atoms with Gasteiger partial charge in [-0.3, -0.25) is 4.79 Å². The predicted molar refractivity (Wildman–Crippen MR) is 110 cm³/mol. The van der Waals surface area contributed by atoms with Crippen molar-refractivity contribution in [2.75, 3.05) is 11.1 Å². The first-order chi connectivity index (χ1) is 13.1. The minimum Gasteiger partial charge on any atom is -0.325 e. The maximum Gasteiger partial charge on any atom is 0.234 e. The average molecular weight is 399 g/mol. The Balaban J connectivity index is 1.67. The van der Waals surface area contributed by atoms with Crippen molar-refractivity contribution in [3.8, 4) is 6.07 Å². The molecule has 7 heteroatoms. The molecule has 0 fully saturated rings. The highest BCUT2D eigenvalue weighted by molar-refractivity contribution is 7.99. The van der Waals surface area contributed by atoms with Gasteiger partial charge in [-0.15, -0.1) is 0 Å². The minimum atomic E-state index is -0.0961. The summed E-state index contributed by atoms with van der Waals surface area (Å²) in [6, 6.07) is 15.1. The molecule has 0 aliphatic heterocycles. The Hall–Kier alpha value is -2.49. The number of anilines is 1. The highest BCUT2D eigenvalue weighted by Gasteiger charge is 2.13. The summed E-state index contributed by atoms with van der Waals surface area (Å²) in [7, 11) is 0. The van der Waals surface area contributed by atoms with Crippen LogP contribution in [0.3, 0.4) is 0 Å². The first kappa shape index (κ1) is 19.3. The van der Waals surface area contributed by atoms with E-state index in [1.165, 1.54) is 11.8 Å². The molecule has 27 heavy (non-hydrogen) atoms. The average Bonchev–Trinajstić information content (AvgIpc) is 2.99. The quantitative estimate of drug-likeness (QED) is 0.575. The Labute approximate surface area is 167 Å². The zero-order chi connectivity index (χ0) is 19.2. The molecule has 2 aromatic carbocycles. The van der Waals surface area contributed by atoms with Gasteiger partial charge in [-0.25, -0.2) is 4.98 Å². The van der Waals surface area contributed by atoms with E-state index in [4.69, 9.17) is 16.9 Å². The van der Waals surface area contributed by atoms with Crippen molar-refractivity contribution in [1.29, 1.82) is 5.26 Å². The molecule has 1 N–H and O–H groups in total. The van der Waals surface area contributed by atoms with E-state index >= 15 is 0 Å². The van der Waals surface area contributed by atoms with Crippen molar-refractivity contribution in [2.24, 2.45) is 0 Å². The number of carbonyl (C=O) groups excluding carboxylic acids is 1. The van der Waals surface area contributed by atoms with Gasteiger partial charge >= 0.3 is 0 Å². The van der Waals surface area contributed by atoms with Crippen molar-refractivity contribution in [1.82, 2.24) is 9.55 Å². The standard InChI is InChI=1S/C20H19ClN4OS/c1-2-11-25-18-8-5-15(21)12-17(18)24-20(25)27-13-19(26)23-16-6-3-14(4-7-16)9-10-22/h3-8,12H,2,9,11,13H2,1H3,(H,23,26). The summed E-state index contributed by atoms with van der Waals surface area (Å²) in [6.45, 7) is 2.95. The number of aromatic nitrogens is 2. The lowest BCUT2D eigenvalue weighted by Crippen LogP contribution is -2.14. The van der Waals surface area contributed by atoms with Gasteiger partial charge < -0.3 is 9.88 Å². The van der Waals surface area contributed by atoms with Crippen LogP contribution in [-0.4, -0.2) is 21.2 Å². The second kappa shape index (κ2) is 8.94. The van der Waals surface area contributed by atoms with E-state index in [0.29, 0.717) is 11.4 Å². The Morgan fingerprint density at radius 3 is 2.78 bits per heavy atom. The lowest BCUT2D eigenvalue weighted by atomic mass is 10.1. The van der Waals surface area contributed by atoms with Gasteiger partial charge in [-0.05, 0) is 42.3 Å². The van der Waals surface area contributed by atoms with E-state index in [-0.39, 0.29) is 11.7 Å². The molecule has 3 aromatic rings. The SMILES string of the molecule is CCCn1c(SCC(=O)Nc2ccc(CC#N)cc2)nc2cc(Cl)ccc21. The van der Waals surface area contributed by atoms with Crippen LogP contribution >= 0.6 is 23.4 Å². The fourth-order valence-electron chi connectivity index (χ4n) is 2.76. The van der Waals surface area contributed by atoms with Gasteiger partial charge in [0.05, 0.1) is 29.3 Å². The van der Waals surface area contributed by atoms with Crippen LogP contribution in [0.25, 0.3) is 11.0 Å². The summed E-state index contributed by atoms with van der Waals surface area (Å²) in [6.07, 6.45) is 1.34. The van der Waals surface area contributed by atoms with E-state index in [0.717, 1.165) is 40.4 Å². The normalized spacial score (nSPS) is 10.7. The van der Waals surface area contributed by atoms with Crippen LogP contribution in [0, 0.1) is 11.3 Å². The number of hydrogen-bond donors (Lipinski definition) is 1. The molecule has 138 valence electrons. The van der Waals surface area contributed by atoms with Crippen LogP contribution in [-0.2, 0) is 17.8 Å². The molecule has 0 aliphatic rings. The van der Waals surface area contributed by atoms with Gasteiger partial charge in [0.15, 0.2) is 5.16 Å². The second-order valence-electron chi connectivity index (χ2n) is 6.05. The number of rotatable bonds is 7. The fourth-order valence-corrected chi connectivity index (χ4v) is 3.76. The van der Waals surface area contributed by atoms with Crippen LogP contribution in [0.4, 0.5) is 5.69 Å². The molecule has 1 amide bonds. The molecule has 0 atom stereocenters. The lowest BCUT2D eigenvalue weighted by molar-refractivity contribution is -0.113. The van der Waals surface area contributed by atoms with E-state index in [9.17, 15) is 4.79 Å². The first-order valence-electron chi connectivity index (χ1n) is 8.65. The number of nitrogens with one attached hydrogen (secondary N) is 1. The van der Waals surface area contributed by atoms with Gasteiger partial charge in [0.1, 0.15) is 0 Å². The number of nitriles is 1. The number of aryl methyl sites for hydroxylation is 1. The molecule has 1 heterocycles. The zero-order valence-electron chi connectivity index (χ0n) is 14.9. The van der Waals surface area contributed by atoms with E-state index in [1.54, 1.807) is 0 Å². The predicted octanol–water partition coefficient (Wildman–Crippen LogP) is 4.90. The van der Waals surface area contributed by atoms with Crippen LogP contribution in [0.5, 0.6) is 0 Å².